The molecule has 0 bridgehead atoms. The molecule has 0 spiro atoms. The van der Waals surface area contributed by atoms with Crippen molar-refractivity contribution >= 4 is 52.5 Å². The number of halogens is 4. The topological polar surface area (TPSA) is 200 Å². The second-order valence-electron chi connectivity index (χ2n) is 18.9. The number of fused-ring (bicyclic) bond motifs is 1. The third-order valence-electron chi connectivity index (χ3n) is 14.0. The highest BCUT2D eigenvalue weighted by molar-refractivity contribution is 6.25. The Bertz CT molecular complexity index is 2800. The number of hydrogen-bond acceptors (Lipinski definition) is 12. The second-order valence-corrected chi connectivity index (χ2v) is 18.9. The van der Waals surface area contributed by atoms with Gasteiger partial charge in [0.05, 0.1) is 33.6 Å². The molecule has 3 saturated heterocycles. The van der Waals surface area contributed by atoms with Gasteiger partial charge in [0.25, 0.3) is 17.7 Å². The van der Waals surface area contributed by atoms with E-state index in [9.17, 15) is 46.7 Å². The molecule has 3 atom stereocenters. The lowest BCUT2D eigenvalue weighted by molar-refractivity contribution is -0.138. The number of H-pyrrole nitrogens is 1. The third kappa shape index (κ3) is 11.5. The van der Waals surface area contributed by atoms with Crippen molar-refractivity contribution in [1.29, 1.82) is 0 Å². The lowest BCUT2D eigenvalue weighted by atomic mass is 9.99. The molecule has 3 fully saturated rings. The smallest absolute Gasteiger partial charge is 0.384 e. The zero-order valence-corrected chi connectivity index (χ0v) is 40.3. The number of anilines is 3. The summed E-state index contributed by atoms with van der Waals surface area (Å²) in [7, 11) is 2.01. The summed E-state index contributed by atoms with van der Waals surface area (Å²) in [5.41, 5.74) is -0.0254. The fourth-order valence-corrected chi connectivity index (χ4v) is 9.82. The van der Waals surface area contributed by atoms with Crippen molar-refractivity contribution in [3.63, 3.8) is 0 Å². The van der Waals surface area contributed by atoms with E-state index in [4.69, 9.17) is 0 Å². The molecule has 3 aromatic carbocycles. The SMILES string of the molecule is C[C@@H]1CN(c2ccc(-c3cc(CN4CCN(CCNC(=O)CCCCNc5cccc6c5C(=O)N(C5CCC(=O)NC5=O)C6=O)CC4)ccc3F)cc2NC(=O)c2c[nH]c(=O)cc2C(F)(F)F)C[C@H](C)N1C. The van der Waals surface area contributed by atoms with Crippen LogP contribution in [0.1, 0.15) is 88.2 Å². The first-order chi connectivity index (χ1) is 34.4. The lowest BCUT2D eigenvalue weighted by Gasteiger charge is -2.44. The number of imide groups is 2. The summed E-state index contributed by atoms with van der Waals surface area (Å²) in [4.78, 5) is 101. The molecule has 4 aliphatic heterocycles. The molecule has 382 valence electrons. The van der Waals surface area contributed by atoms with Gasteiger partial charge in [-0.25, -0.2) is 4.39 Å². The fraction of sp³-hybridized carbons (Fsp3) is 0.431. The van der Waals surface area contributed by atoms with Crippen LogP contribution in [0.15, 0.2) is 71.7 Å². The Hall–Kier alpha value is -6.97. The number of nitrogens with one attached hydrogen (secondary N) is 5. The molecule has 5 N–H and O–H groups in total. The third-order valence-corrected chi connectivity index (χ3v) is 14.0. The second kappa shape index (κ2) is 21.8. The van der Waals surface area contributed by atoms with E-state index in [1.54, 1.807) is 42.5 Å². The molecule has 1 unspecified atom stereocenters. The molecule has 1 aromatic heterocycles. The van der Waals surface area contributed by atoms with Crippen LogP contribution >= 0.6 is 0 Å². The standard InChI is InChI=1S/C51H58F4N10O7/c1-30-27-64(28-31(2)61(30)3)41-13-11-33(24-40(41)59-47(69)36-26-58-45(68)25-37(36)51(53,54)55)35-23-32(10-12-38(35)52)29-63-21-19-62(20-22-63)18-17-57-43(66)9-4-5-16-56-39-8-6-7-34-46(39)50(72)65(49(34)71)42-14-15-44(67)60-48(42)70/h6-8,10-13,23-26,30-31,42,56H,4-5,9,14-22,27-29H2,1-3H3,(H,57,66)(H,58,68)(H,59,69)(H,60,67,70)/t30-,31+,42?. The number of hydrogen-bond donors (Lipinski definition) is 5. The Morgan fingerprint density at radius 3 is 2.28 bits per heavy atom. The predicted molar refractivity (Wildman–Crippen MR) is 261 cm³/mol. The summed E-state index contributed by atoms with van der Waals surface area (Å²) in [6.45, 7) is 10.3. The highest BCUT2D eigenvalue weighted by atomic mass is 19.4. The molecule has 5 heterocycles. The Balaban J connectivity index is 0.810. The number of carbonyl (C=O) groups is 6. The number of aromatic amines is 1. The van der Waals surface area contributed by atoms with Gasteiger partial charge in [0, 0.05) is 114 Å². The van der Waals surface area contributed by atoms with E-state index < -0.39 is 64.3 Å². The van der Waals surface area contributed by atoms with Crippen LogP contribution < -0.4 is 31.7 Å². The number of aromatic nitrogens is 1. The number of nitrogens with zero attached hydrogens (tertiary/aromatic N) is 5. The quantitative estimate of drug-likeness (QED) is 0.0579. The highest BCUT2D eigenvalue weighted by Gasteiger charge is 2.46. The van der Waals surface area contributed by atoms with Gasteiger partial charge >= 0.3 is 6.18 Å². The van der Waals surface area contributed by atoms with Crippen LogP contribution in [0.3, 0.4) is 0 Å². The normalized spacial score (nSPS) is 20.1. The summed E-state index contributed by atoms with van der Waals surface area (Å²) in [5, 5.41) is 11.0. The van der Waals surface area contributed by atoms with Gasteiger partial charge in [0.1, 0.15) is 11.9 Å². The lowest BCUT2D eigenvalue weighted by Crippen LogP contribution is -2.55. The van der Waals surface area contributed by atoms with Gasteiger partial charge < -0.3 is 25.8 Å². The molecule has 21 heteroatoms. The van der Waals surface area contributed by atoms with E-state index in [2.05, 4.69) is 54.8 Å². The van der Waals surface area contributed by atoms with E-state index in [0.717, 1.165) is 42.8 Å². The zero-order valence-electron chi connectivity index (χ0n) is 40.3. The van der Waals surface area contributed by atoms with Gasteiger partial charge in [-0.15, -0.1) is 0 Å². The van der Waals surface area contributed by atoms with Crippen LogP contribution in [0.25, 0.3) is 11.1 Å². The maximum Gasteiger partial charge on any atom is 0.417 e. The molecular weight excluding hydrogens is 941 g/mol. The summed E-state index contributed by atoms with van der Waals surface area (Å²) in [6.07, 6.45) is -2.63. The van der Waals surface area contributed by atoms with Crippen LogP contribution in [0, 0.1) is 5.82 Å². The number of benzene rings is 3. The molecule has 72 heavy (non-hydrogen) atoms. The molecule has 0 aliphatic carbocycles. The monoisotopic (exact) mass is 998 g/mol. The Kier molecular flexibility index (Phi) is 15.6. The van der Waals surface area contributed by atoms with Gasteiger partial charge in [0.15, 0.2) is 0 Å². The highest BCUT2D eigenvalue weighted by Crippen LogP contribution is 2.37. The number of alkyl halides is 3. The summed E-state index contributed by atoms with van der Waals surface area (Å²) >= 11 is 0. The van der Waals surface area contributed by atoms with Gasteiger partial charge in [-0.05, 0) is 87.7 Å². The number of piperidine rings is 1. The van der Waals surface area contributed by atoms with Crippen molar-refractivity contribution in [3.05, 3.63) is 111 Å². The van der Waals surface area contributed by atoms with Crippen molar-refractivity contribution in [3.8, 4) is 11.1 Å². The fourth-order valence-electron chi connectivity index (χ4n) is 9.82. The molecule has 6 amide bonds. The van der Waals surface area contributed by atoms with Crippen LogP contribution in [0.4, 0.5) is 34.6 Å². The number of carbonyl (C=O) groups excluding carboxylic acids is 6. The van der Waals surface area contributed by atoms with Gasteiger partial charge in [0.2, 0.25) is 23.3 Å². The average Bonchev–Trinajstić information content (AvgIpc) is 3.59. The minimum atomic E-state index is -4.97. The molecule has 4 aliphatic rings. The van der Waals surface area contributed by atoms with Crippen LogP contribution in [0.5, 0.6) is 0 Å². The summed E-state index contributed by atoms with van der Waals surface area (Å²) < 4.78 is 57.7. The molecule has 8 rings (SSSR count). The number of piperazine rings is 2. The molecule has 4 aromatic rings. The van der Waals surface area contributed by atoms with E-state index in [-0.39, 0.29) is 53.2 Å². The average molecular weight is 999 g/mol. The number of unbranched alkanes of at least 4 members (excludes halogenated alkanes) is 1. The minimum absolute atomic E-state index is 0.0320. The first-order valence-electron chi connectivity index (χ1n) is 24.2. The summed E-state index contributed by atoms with van der Waals surface area (Å²) in [5.74, 6) is -3.96. The van der Waals surface area contributed by atoms with Crippen molar-refractivity contribution in [2.24, 2.45) is 0 Å². The van der Waals surface area contributed by atoms with Crippen molar-refractivity contribution in [2.75, 3.05) is 81.5 Å². The van der Waals surface area contributed by atoms with Gasteiger partial charge in [-0.1, -0.05) is 18.2 Å². The van der Waals surface area contributed by atoms with E-state index in [1.807, 2.05) is 11.9 Å². The first-order valence-corrected chi connectivity index (χ1v) is 24.2. The Labute approximate surface area is 413 Å². The molecule has 17 nitrogen and oxygen atoms in total. The summed E-state index contributed by atoms with van der Waals surface area (Å²) in [6, 6.07) is 14.3. The van der Waals surface area contributed by atoms with Gasteiger partial charge in [-0.3, -0.25) is 58.5 Å². The molecule has 0 radical (unpaired) electrons. The minimum Gasteiger partial charge on any atom is -0.384 e. The van der Waals surface area contributed by atoms with E-state index in [1.165, 1.54) is 12.1 Å². The maximum atomic E-state index is 15.7. The van der Waals surface area contributed by atoms with Crippen molar-refractivity contribution in [2.45, 2.75) is 76.8 Å². The number of pyridine rings is 1. The Morgan fingerprint density at radius 1 is 0.819 bits per heavy atom. The maximum absolute atomic E-state index is 15.7. The largest absolute Gasteiger partial charge is 0.417 e. The van der Waals surface area contributed by atoms with Crippen molar-refractivity contribution in [1.82, 2.24) is 35.2 Å². The molecule has 0 saturated carbocycles. The number of likely N-dealkylation sites (N-methyl/N-ethyl adjacent to an activating group) is 1. The van der Waals surface area contributed by atoms with Gasteiger partial charge in [-0.2, -0.15) is 13.2 Å². The predicted octanol–water partition coefficient (Wildman–Crippen LogP) is 4.90. The first kappa shape index (κ1) is 51.4. The number of amides is 6. The van der Waals surface area contributed by atoms with E-state index >= 15 is 4.39 Å². The van der Waals surface area contributed by atoms with E-state index in [0.29, 0.717) is 81.5 Å². The molecular formula is C51H58F4N10O7. The van der Waals surface area contributed by atoms with Crippen LogP contribution in [-0.4, -0.2) is 144 Å². The van der Waals surface area contributed by atoms with Crippen LogP contribution in [-0.2, 0) is 27.1 Å². The zero-order chi connectivity index (χ0) is 51.4. The van der Waals surface area contributed by atoms with Crippen molar-refractivity contribution < 1.29 is 46.3 Å². The number of rotatable bonds is 16. The van der Waals surface area contributed by atoms with Crippen LogP contribution in [0.2, 0.25) is 0 Å². The Morgan fingerprint density at radius 2 is 1.56 bits per heavy atom.